The molecule has 1 rings (SSSR count). The van der Waals surface area contributed by atoms with Crippen molar-refractivity contribution in [3.63, 3.8) is 0 Å². The molecular formula is C14H22ClNO2. The summed E-state index contributed by atoms with van der Waals surface area (Å²) in [6.07, 6.45) is 4.21. The van der Waals surface area contributed by atoms with E-state index < -0.39 is 0 Å². The lowest BCUT2D eigenvalue weighted by Gasteiger charge is -2.22. The van der Waals surface area contributed by atoms with Crippen LogP contribution in [0.25, 0.3) is 0 Å². The van der Waals surface area contributed by atoms with Crippen LogP contribution >= 0.6 is 11.6 Å². The summed E-state index contributed by atoms with van der Waals surface area (Å²) < 4.78 is 0. The molecule has 1 aromatic carbocycles. The standard InChI is InChI=1S/C14H22ClNO2/c1-3-5-10-17-16(18-11-6-4-2)14-9-7-8-13(15)12-14/h7-9,12H,3-6,10-11H2,1-2H3. The zero-order valence-electron chi connectivity index (χ0n) is 11.2. The van der Waals surface area contributed by atoms with E-state index in [1.807, 2.05) is 24.3 Å². The summed E-state index contributed by atoms with van der Waals surface area (Å²) in [5.74, 6) is 0. The summed E-state index contributed by atoms with van der Waals surface area (Å²) in [7, 11) is 0. The minimum absolute atomic E-state index is 0.648. The van der Waals surface area contributed by atoms with Crippen LogP contribution in [-0.2, 0) is 9.68 Å². The average molecular weight is 272 g/mol. The predicted molar refractivity (Wildman–Crippen MR) is 75.7 cm³/mol. The molecule has 0 aliphatic carbocycles. The van der Waals surface area contributed by atoms with Gasteiger partial charge in [-0.3, -0.25) is 0 Å². The van der Waals surface area contributed by atoms with Crippen molar-refractivity contribution in [1.82, 2.24) is 0 Å². The van der Waals surface area contributed by atoms with E-state index in [2.05, 4.69) is 13.8 Å². The molecule has 0 bridgehead atoms. The topological polar surface area (TPSA) is 21.7 Å². The molecule has 0 saturated carbocycles. The van der Waals surface area contributed by atoms with Crippen molar-refractivity contribution >= 4 is 17.3 Å². The van der Waals surface area contributed by atoms with Crippen LogP contribution in [-0.4, -0.2) is 13.2 Å². The van der Waals surface area contributed by atoms with Crippen LogP contribution in [0.3, 0.4) is 0 Å². The van der Waals surface area contributed by atoms with E-state index in [-0.39, 0.29) is 0 Å². The fourth-order valence-electron chi connectivity index (χ4n) is 1.36. The van der Waals surface area contributed by atoms with E-state index in [1.165, 1.54) is 5.23 Å². The molecule has 102 valence electrons. The Hall–Kier alpha value is -0.770. The molecule has 0 spiro atoms. The third kappa shape index (κ3) is 5.71. The minimum Gasteiger partial charge on any atom is -0.249 e. The van der Waals surface area contributed by atoms with Gasteiger partial charge in [-0.1, -0.05) is 44.4 Å². The van der Waals surface area contributed by atoms with Crippen LogP contribution in [0.1, 0.15) is 39.5 Å². The summed E-state index contributed by atoms with van der Waals surface area (Å²) in [5, 5.41) is 2.16. The van der Waals surface area contributed by atoms with Gasteiger partial charge in [0.05, 0.1) is 18.9 Å². The van der Waals surface area contributed by atoms with Gasteiger partial charge in [-0.2, -0.15) is 0 Å². The van der Waals surface area contributed by atoms with Crippen molar-refractivity contribution in [1.29, 1.82) is 0 Å². The molecule has 0 unspecified atom stereocenters. The van der Waals surface area contributed by atoms with Gasteiger partial charge in [0.1, 0.15) is 0 Å². The summed E-state index contributed by atoms with van der Waals surface area (Å²) in [6.45, 7) is 5.56. The number of halogens is 1. The van der Waals surface area contributed by atoms with E-state index in [1.54, 1.807) is 0 Å². The van der Waals surface area contributed by atoms with E-state index in [0.29, 0.717) is 18.2 Å². The molecule has 0 heterocycles. The first-order valence-corrected chi connectivity index (χ1v) is 6.97. The first-order valence-electron chi connectivity index (χ1n) is 6.59. The monoisotopic (exact) mass is 271 g/mol. The van der Waals surface area contributed by atoms with Crippen molar-refractivity contribution in [2.45, 2.75) is 39.5 Å². The zero-order valence-corrected chi connectivity index (χ0v) is 11.9. The highest BCUT2D eigenvalue weighted by Gasteiger charge is 2.08. The van der Waals surface area contributed by atoms with Crippen molar-refractivity contribution in [3.05, 3.63) is 29.3 Å². The smallest absolute Gasteiger partial charge is 0.0962 e. The molecule has 3 nitrogen and oxygen atoms in total. The molecule has 0 radical (unpaired) electrons. The molecule has 0 aliphatic heterocycles. The largest absolute Gasteiger partial charge is 0.249 e. The molecule has 4 heteroatoms. The van der Waals surface area contributed by atoms with Gasteiger partial charge in [-0.15, -0.1) is 5.23 Å². The normalized spacial score (nSPS) is 10.6. The molecule has 0 amide bonds. The fourth-order valence-corrected chi connectivity index (χ4v) is 1.54. The Labute approximate surface area is 115 Å². The molecular weight excluding hydrogens is 250 g/mol. The lowest BCUT2D eigenvalue weighted by atomic mass is 10.3. The number of rotatable bonds is 9. The van der Waals surface area contributed by atoms with E-state index in [4.69, 9.17) is 21.3 Å². The number of hydrogen-bond donors (Lipinski definition) is 0. The number of anilines is 1. The van der Waals surface area contributed by atoms with Gasteiger partial charge < -0.3 is 0 Å². The molecule has 0 N–H and O–H groups in total. The maximum absolute atomic E-state index is 5.97. The molecule has 0 aromatic heterocycles. The molecule has 0 atom stereocenters. The first-order chi connectivity index (χ1) is 8.77. The Morgan fingerprint density at radius 3 is 2.17 bits per heavy atom. The van der Waals surface area contributed by atoms with Crippen LogP contribution in [0, 0.1) is 0 Å². The van der Waals surface area contributed by atoms with Crippen LogP contribution in [0.5, 0.6) is 0 Å². The number of nitrogens with zero attached hydrogens (tertiary/aromatic N) is 1. The second-order valence-electron chi connectivity index (χ2n) is 4.11. The third-order valence-corrected chi connectivity index (χ3v) is 2.67. The van der Waals surface area contributed by atoms with Gasteiger partial charge in [-0.05, 0) is 31.0 Å². The van der Waals surface area contributed by atoms with E-state index in [0.717, 1.165) is 31.4 Å². The first kappa shape index (κ1) is 15.3. The van der Waals surface area contributed by atoms with Gasteiger partial charge in [0.15, 0.2) is 0 Å². The van der Waals surface area contributed by atoms with Gasteiger partial charge in [0, 0.05) is 5.02 Å². The van der Waals surface area contributed by atoms with Gasteiger partial charge >= 0.3 is 0 Å². The second kappa shape index (κ2) is 9.20. The second-order valence-corrected chi connectivity index (χ2v) is 4.55. The number of unbranched alkanes of at least 4 members (excludes halogenated alkanes) is 2. The number of hydrogen-bond acceptors (Lipinski definition) is 3. The maximum Gasteiger partial charge on any atom is 0.0962 e. The van der Waals surface area contributed by atoms with Crippen molar-refractivity contribution in [3.8, 4) is 0 Å². The third-order valence-electron chi connectivity index (χ3n) is 2.43. The Morgan fingerprint density at radius 2 is 1.67 bits per heavy atom. The van der Waals surface area contributed by atoms with Crippen molar-refractivity contribution in [2.75, 3.05) is 18.4 Å². The highest BCUT2D eigenvalue weighted by molar-refractivity contribution is 6.30. The van der Waals surface area contributed by atoms with Gasteiger partial charge in [-0.25, -0.2) is 9.68 Å². The Morgan fingerprint density at radius 1 is 1.06 bits per heavy atom. The van der Waals surface area contributed by atoms with Crippen LogP contribution in [0.15, 0.2) is 24.3 Å². The zero-order chi connectivity index (χ0) is 13.2. The van der Waals surface area contributed by atoms with E-state index >= 15 is 0 Å². The van der Waals surface area contributed by atoms with Crippen molar-refractivity contribution in [2.24, 2.45) is 0 Å². The lowest BCUT2D eigenvalue weighted by molar-refractivity contribution is -0.0909. The predicted octanol–water partition coefficient (Wildman–Crippen LogP) is 4.61. The number of benzene rings is 1. The van der Waals surface area contributed by atoms with Gasteiger partial charge in [0.2, 0.25) is 0 Å². The average Bonchev–Trinajstić information content (AvgIpc) is 2.37. The van der Waals surface area contributed by atoms with Crippen LogP contribution in [0.2, 0.25) is 5.02 Å². The maximum atomic E-state index is 5.97. The SMILES string of the molecule is CCCCON(OCCCC)c1cccc(Cl)c1. The summed E-state index contributed by atoms with van der Waals surface area (Å²) >= 11 is 5.97. The Balaban J connectivity index is 2.57. The lowest BCUT2D eigenvalue weighted by Crippen LogP contribution is -2.25. The Kier molecular flexibility index (Phi) is 7.81. The minimum atomic E-state index is 0.648. The highest BCUT2D eigenvalue weighted by atomic mass is 35.5. The quantitative estimate of drug-likeness (QED) is 0.484. The van der Waals surface area contributed by atoms with Crippen molar-refractivity contribution < 1.29 is 9.68 Å². The molecule has 0 aliphatic rings. The summed E-state index contributed by atoms with van der Waals surface area (Å²) in [6, 6.07) is 7.47. The summed E-state index contributed by atoms with van der Waals surface area (Å²) in [5.41, 5.74) is 0.828. The Bertz CT molecular complexity index is 323. The van der Waals surface area contributed by atoms with Crippen LogP contribution in [0.4, 0.5) is 5.69 Å². The van der Waals surface area contributed by atoms with Gasteiger partial charge in [0.25, 0.3) is 0 Å². The highest BCUT2D eigenvalue weighted by Crippen LogP contribution is 2.20. The molecule has 0 fully saturated rings. The molecule has 0 saturated heterocycles. The van der Waals surface area contributed by atoms with Crippen LogP contribution < -0.4 is 5.23 Å². The summed E-state index contributed by atoms with van der Waals surface area (Å²) in [4.78, 5) is 11.2. The molecule has 18 heavy (non-hydrogen) atoms. The van der Waals surface area contributed by atoms with E-state index in [9.17, 15) is 0 Å². The molecule has 1 aromatic rings. The fraction of sp³-hybridized carbons (Fsp3) is 0.571.